The molecule has 1 aromatic carbocycles. The fourth-order valence-corrected chi connectivity index (χ4v) is 3.14. The second kappa shape index (κ2) is 6.06. The molecule has 0 atom stereocenters. The van der Waals surface area contributed by atoms with E-state index in [4.69, 9.17) is 16.7 Å². The number of rotatable bonds is 6. The van der Waals surface area contributed by atoms with Crippen LogP contribution in [-0.4, -0.2) is 31.8 Å². The van der Waals surface area contributed by atoms with Gasteiger partial charge in [0.2, 0.25) is 10.0 Å². The molecular weight excluding hydrogens is 278 g/mol. The zero-order chi connectivity index (χ0) is 13.8. The van der Waals surface area contributed by atoms with E-state index in [-0.39, 0.29) is 11.4 Å². The minimum atomic E-state index is -3.64. The van der Waals surface area contributed by atoms with Gasteiger partial charge in [0.15, 0.2) is 0 Å². The molecular formula is C11H14ClNO4S. The summed E-state index contributed by atoms with van der Waals surface area (Å²) in [7, 11) is -3.64. The molecule has 0 saturated carbocycles. The summed E-state index contributed by atoms with van der Waals surface area (Å²) in [6.45, 7) is 1.11. The third kappa shape index (κ3) is 3.89. The molecule has 18 heavy (non-hydrogen) atoms. The average Bonchev–Trinajstić information content (AvgIpc) is 2.25. The van der Waals surface area contributed by atoms with Crippen LogP contribution in [0.1, 0.15) is 13.3 Å². The van der Waals surface area contributed by atoms with E-state index in [9.17, 15) is 13.2 Å². The Hall–Kier alpha value is -1.27. The monoisotopic (exact) mass is 291 g/mol. The highest BCUT2D eigenvalue weighted by atomic mass is 35.5. The summed E-state index contributed by atoms with van der Waals surface area (Å²) < 4.78 is 24.9. The van der Waals surface area contributed by atoms with Crippen molar-refractivity contribution >= 4 is 33.3 Å². The Labute approximate surface area is 111 Å². The fraction of sp³-hybridized carbons (Fsp3) is 0.364. The lowest BCUT2D eigenvalue weighted by Gasteiger charge is -2.22. The highest BCUT2D eigenvalue weighted by molar-refractivity contribution is 7.92. The average molecular weight is 292 g/mol. The lowest BCUT2D eigenvalue weighted by atomic mass is 10.3. The quantitative estimate of drug-likeness (QED) is 0.869. The molecule has 0 radical (unpaired) electrons. The van der Waals surface area contributed by atoms with Crippen molar-refractivity contribution in [3.8, 4) is 0 Å². The number of halogens is 1. The molecule has 0 aliphatic carbocycles. The zero-order valence-corrected chi connectivity index (χ0v) is 11.4. The van der Waals surface area contributed by atoms with Gasteiger partial charge in [-0.15, -0.1) is 0 Å². The molecule has 0 aliphatic rings. The van der Waals surface area contributed by atoms with Gasteiger partial charge in [0.05, 0.1) is 11.4 Å². The number of sulfonamides is 1. The molecule has 1 aromatic rings. The van der Waals surface area contributed by atoms with Crippen molar-refractivity contribution in [3.05, 3.63) is 29.3 Å². The summed E-state index contributed by atoms with van der Waals surface area (Å²) in [5.41, 5.74) is 0.262. The molecule has 7 heteroatoms. The normalized spacial score (nSPS) is 11.2. The maximum Gasteiger partial charge on any atom is 0.324 e. The van der Waals surface area contributed by atoms with Crippen molar-refractivity contribution in [2.24, 2.45) is 0 Å². The highest BCUT2D eigenvalue weighted by Gasteiger charge is 2.24. The Morgan fingerprint density at radius 1 is 1.44 bits per heavy atom. The van der Waals surface area contributed by atoms with Crippen molar-refractivity contribution in [2.75, 3.05) is 16.6 Å². The largest absolute Gasteiger partial charge is 0.480 e. The number of hydrogen-bond acceptors (Lipinski definition) is 3. The Morgan fingerprint density at radius 3 is 2.61 bits per heavy atom. The molecule has 1 rings (SSSR count). The molecule has 0 amide bonds. The van der Waals surface area contributed by atoms with Crippen LogP contribution in [0, 0.1) is 0 Å². The lowest BCUT2D eigenvalue weighted by Crippen LogP contribution is -2.37. The minimum Gasteiger partial charge on any atom is -0.480 e. The molecule has 100 valence electrons. The first-order chi connectivity index (χ1) is 8.36. The maximum atomic E-state index is 12.0. The number of aliphatic carboxylic acids is 1. The van der Waals surface area contributed by atoms with Gasteiger partial charge in [-0.1, -0.05) is 24.6 Å². The van der Waals surface area contributed by atoms with Crippen LogP contribution in [0.2, 0.25) is 5.02 Å². The van der Waals surface area contributed by atoms with Crippen LogP contribution in [0.25, 0.3) is 0 Å². The van der Waals surface area contributed by atoms with Crippen LogP contribution >= 0.6 is 11.6 Å². The first kappa shape index (κ1) is 14.8. The molecule has 0 aliphatic heterocycles. The van der Waals surface area contributed by atoms with Crippen LogP contribution in [0.3, 0.4) is 0 Å². The molecule has 0 spiro atoms. The van der Waals surface area contributed by atoms with Crippen LogP contribution in [-0.2, 0) is 14.8 Å². The molecule has 0 fully saturated rings. The SMILES string of the molecule is CCCS(=O)(=O)N(CC(=O)O)c1cccc(Cl)c1. The van der Waals surface area contributed by atoms with E-state index in [1.165, 1.54) is 12.1 Å². The molecule has 0 bridgehead atoms. The van der Waals surface area contributed by atoms with Gasteiger partial charge in [0.25, 0.3) is 0 Å². The first-order valence-electron chi connectivity index (χ1n) is 5.34. The van der Waals surface area contributed by atoms with Gasteiger partial charge in [-0.2, -0.15) is 0 Å². The summed E-state index contributed by atoms with van der Waals surface area (Å²) >= 11 is 5.78. The van der Waals surface area contributed by atoms with E-state index in [1.807, 2.05) is 0 Å². The van der Waals surface area contributed by atoms with Gasteiger partial charge in [-0.05, 0) is 24.6 Å². The third-order valence-electron chi connectivity index (χ3n) is 2.17. The highest BCUT2D eigenvalue weighted by Crippen LogP contribution is 2.22. The van der Waals surface area contributed by atoms with E-state index in [1.54, 1.807) is 19.1 Å². The Bertz CT molecular complexity index is 530. The van der Waals surface area contributed by atoms with E-state index >= 15 is 0 Å². The summed E-state index contributed by atoms with van der Waals surface area (Å²) in [5.74, 6) is -1.32. The van der Waals surface area contributed by atoms with Crippen molar-refractivity contribution in [1.82, 2.24) is 0 Å². The van der Waals surface area contributed by atoms with Crippen molar-refractivity contribution in [1.29, 1.82) is 0 Å². The molecule has 0 unspecified atom stereocenters. The van der Waals surface area contributed by atoms with Gasteiger partial charge in [0.1, 0.15) is 6.54 Å². The Balaban J connectivity index is 3.17. The lowest BCUT2D eigenvalue weighted by molar-refractivity contribution is -0.135. The fourth-order valence-electron chi connectivity index (χ4n) is 1.47. The zero-order valence-electron chi connectivity index (χ0n) is 9.84. The predicted octanol–water partition coefficient (Wildman–Crippen LogP) is 1.97. The number of carbonyl (C=O) groups is 1. The molecule has 0 aromatic heterocycles. The number of nitrogens with zero attached hydrogens (tertiary/aromatic N) is 1. The molecule has 1 N–H and O–H groups in total. The van der Waals surface area contributed by atoms with Crippen molar-refractivity contribution in [3.63, 3.8) is 0 Å². The topological polar surface area (TPSA) is 74.7 Å². The smallest absolute Gasteiger partial charge is 0.324 e. The van der Waals surface area contributed by atoms with Gasteiger partial charge < -0.3 is 5.11 Å². The van der Waals surface area contributed by atoms with E-state index in [2.05, 4.69) is 0 Å². The molecule has 5 nitrogen and oxygen atoms in total. The Kier molecular flexibility index (Phi) is 4.98. The number of carboxylic acid groups (broad SMARTS) is 1. The second-order valence-electron chi connectivity index (χ2n) is 3.70. The number of benzene rings is 1. The van der Waals surface area contributed by atoms with Crippen molar-refractivity contribution < 1.29 is 18.3 Å². The van der Waals surface area contributed by atoms with Gasteiger partial charge in [-0.3, -0.25) is 9.10 Å². The standard InChI is InChI=1S/C11H14ClNO4S/c1-2-6-18(16,17)13(8-11(14)15)10-5-3-4-9(12)7-10/h3-5,7H,2,6,8H2,1H3,(H,14,15). The summed E-state index contributed by atoms with van der Waals surface area (Å²) in [5, 5.41) is 9.16. The van der Waals surface area contributed by atoms with Crippen molar-refractivity contribution in [2.45, 2.75) is 13.3 Å². The van der Waals surface area contributed by atoms with E-state index in [0.717, 1.165) is 4.31 Å². The summed E-state index contributed by atoms with van der Waals surface area (Å²) in [4.78, 5) is 10.8. The van der Waals surface area contributed by atoms with Gasteiger partial charge in [0, 0.05) is 5.02 Å². The second-order valence-corrected chi connectivity index (χ2v) is 6.15. The van der Waals surface area contributed by atoms with Gasteiger partial charge >= 0.3 is 5.97 Å². The minimum absolute atomic E-state index is 0.104. The maximum absolute atomic E-state index is 12.0. The molecule has 0 heterocycles. The Morgan fingerprint density at radius 2 is 2.11 bits per heavy atom. The van der Waals surface area contributed by atoms with Crippen LogP contribution in [0.4, 0.5) is 5.69 Å². The molecule has 0 saturated heterocycles. The summed E-state index contributed by atoms with van der Waals surface area (Å²) in [6, 6.07) is 6.12. The van der Waals surface area contributed by atoms with Crippen LogP contribution in [0.5, 0.6) is 0 Å². The van der Waals surface area contributed by atoms with Gasteiger partial charge in [-0.25, -0.2) is 8.42 Å². The summed E-state index contributed by atoms with van der Waals surface area (Å²) in [6.07, 6.45) is 0.416. The van der Waals surface area contributed by atoms with Crippen LogP contribution in [0.15, 0.2) is 24.3 Å². The first-order valence-corrected chi connectivity index (χ1v) is 7.33. The predicted molar refractivity (Wildman–Crippen MR) is 70.5 cm³/mol. The van der Waals surface area contributed by atoms with Crippen LogP contribution < -0.4 is 4.31 Å². The number of anilines is 1. The van der Waals surface area contributed by atoms with E-state index < -0.39 is 22.5 Å². The number of carboxylic acids is 1. The third-order valence-corrected chi connectivity index (χ3v) is 4.34. The van der Waals surface area contributed by atoms with E-state index in [0.29, 0.717) is 11.4 Å². The number of hydrogen-bond donors (Lipinski definition) is 1.